The molecule has 0 bridgehead atoms. The first kappa shape index (κ1) is 28.2. The predicted molar refractivity (Wildman–Crippen MR) is 143 cm³/mol. The summed E-state index contributed by atoms with van der Waals surface area (Å²) in [5, 5.41) is 0.778. The van der Waals surface area contributed by atoms with Crippen LogP contribution in [-0.2, 0) is 32.5 Å². The highest BCUT2D eigenvalue weighted by atomic mass is 35.5. The van der Waals surface area contributed by atoms with E-state index in [1.165, 1.54) is 24.3 Å². The van der Waals surface area contributed by atoms with Crippen LogP contribution in [0.15, 0.2) is 70.5 Å². The number of primary amides is 1. The van der Waals surface area contributed by atoms with E-state index >= 15 is 0 Å². The van der Waals surface area contributed by atoms with Crippen molar-refractivity contribution in [2.24, 2.45) is 5.73 Å². The molecule has 0 aromatic heterocycles. The minimum Gasteiger partial charge on any atom is -0.366 e. The van der Waals surface area contributed by atoms with Crippen LogP contribution in [0.5, 0.6) is 0 Å². The number of rotatable bonds is 10. The number of benzene rings is 3. The van der Waals surface area contributed by atoms with E-state index in [-0.39, 0.29) is 40.1 Å². The van der Waals surface area contributed by atoms with Crippen molar-refractivity contribution < 1.29 is 21.6 Å². The lowest BCUT2D eigenvalue weighted by molar-refractivity contribution is 0.1000. The lowest BCUT2D eigenvalue weighted by Gasteiger charge is -2.22. The lowest BCUT2D eigenvalue weighted by Crippen LogP contribution is -2.15. The highest BCUT2D eigenvalue weighted by molar-refractivity contribution is 7.91. The van der Waals surface area contributed by atoms with Gasteiger partial charge in [0.25, 0.3) is 0 Å². The van der Waals surface area contributed by atoms with Gasteiger partial charge in [-0.2, -0.15) is 0 Å². The summed E-state index contributed by atoms with van der Waals surface area (Å²) in [7, 11) is -7.09. The molecule has 2 N–H and O–H groups in total. The van der Waals surface area contributed by atoms with E-state index in [2.05, 4.69) is 0 Å². The topological polar surface area (TPSA) is 111 Å². The molecule has 0 saturated heterocycles. The molecule has 6 nitrogen and oxygen atoms in total. The van der Waals surface area contributed by atoms with Gasteiger partial charge in [0.2, 0.25) is 5.91 Å². The second kappa shape index (κ2) is 11.3. The summed E-state index contributed by atoms with van der Waals surface area (Å²) in [4.78, 5) is 11.9. The third-order valence-corrected chi connectivity index (χ3v) is 10.2. The van der Waals surface area contributed by atoms with Gasteiger partial charge in [0.1, 0.15) is 0 Å². The van der Waals surface area contributed by atoms with Crippen LogP contribution in [0.25, 0.3) is 0 Å². The van der Waals surface area contributed by atoms with E-state index in [4.69, 9.17) is 28.9 Å². The van der Waals surface area contributed by atoms with Crippen molar-refractivity contribution in [1.29, 1.82) is 0 Å². The summed E-state index contributed by atoms with van der Waals surface area (Å²) in [5.41, 5.74) is 7.53. The molecule has 3 rings (SSSR count). The van der Waals surface area contributed by atoms with E-state index in [9.17, 15) is 21.6 Å². The average molecular weight is 569 g/mol. The van der Waals surface area contributed by atoms with Crippen LogP contribution >= 0.6 is 23.2 Å². The molecule has 0 aliphatic rings. The van der Waals surface area contributed by atoms with Crippen molar-refractivity contribution in [3.63, 3.8) is 0 Å². The van der Waals surface area contributed by atoms with Crippen molar-refractivity contribution in [3.05, 3.63) is 93.0 Å². The number of carbonyl (C=O) groups is 1. The van der Waals surface area contributed by atoms with Gasteiger partial charge in [0.05, 0.1) is 21.3 Å². The van der Waals surface area contributed by atoms with Crippen LogP contribution in [-0.4, -0.2) is 34.2 Å². The molecule has 0 heterocycles. The summed E-state index contributed by atoms with van der Waals surface area (Å²) in [5.74, 6) is -1.09. The summed E-state index contributed by atoms with van der Waals surface area (Å²) in [6.07, 6.45) is 0.506. The number of carbonyl (C=O) groups excluding carboxylic acids is 1. The fourth-order valence-electron chi connectivity index (χ4n) is 4.09. The Morgan fingerprint density at radius 3 is 1.53 bits per heavy atom. The van der Waals surface area contributed by atoms with Crippen LogP contribution in [0.2, 0.25) is 10.0 Å². The zero-order valence-corrected chi connectivity index (χ0v) is 23.0. The van der Waals surface area contributed by atoms with E-state index in [1.54, 1.807) is 50.2 Å². The Kier molecular flexibility index (Phi) is 8.88. The molecule has 0 unspecified atom stereocenters. The average Bonchev–Trinajstić information content (AvgIpc) is 2.83. The molecule has 1 amide bonds. The lowest BCUT2D eigenvalue weighted by atomic mass is 9.86. The van der Waals surface area contributed by atoms with Gasteiger partial charge in [0.15, 0.2) is 19.7 Å². The molecule has 0 aliphatic heterocycles. The van der Waals surface area contributed by atoms with Gasteiger partial charge < -0.3 is 5.73 Å². The van der Waals surface area contributed by atoms with Crippen molar-refractivity contribution in [3.8, 4) is 0 Å². The number of hydrogen-bond acceptors (Lipinski definition) is 5. The van der Waals surface area contributed by atoms with Crippen LogP contribution < -0.4 is 5.73 Å². The standard InChI is InChI=1S/C26H27Cl2NO5S2/c1-3-35(31,32)24-11-9-22(27)15-20(24)13-19(17-5-7-18(8-6-17)26(29)30)14-21-16-23(28)10-12-25(21)36(33,34)4-2/h5-12,15-16,19H,3-4,13-14H2,1-2H3,(H2,29,30). The van der Waals surface area contributed by atoms with Crippen LogP contribution in [0.4, 0.5) is 0 Å². The Bertz CT molecular complexity index is 1400. The van der Waals surface area contributed by atoms with Gasteiger partial charge in [-0.15, -0.1) is 0 Å². The van der Waals surface area contributed by atoms with E-state index in [0.29, 0.717) is 26.7 Å². The second-order valence-corrected chi connectivity index (χ2v) is 13.8. The monoisotopic (exact) mass is 567 g/mol. The number of nitrogens with two attached hydrogens (primary N) is 1. The molecule has 0 aliphatic carbocycles. The maximum absolute atomic E-state index is 12.8. The molecule has 10 heteroatoms. The maximum Gasteiger partial charge on any atom is 0.248 e. The third kappa shape index (κ3) is 6.48. The van der Waals surface area contributed by atoms with Crippen LogP contribution in [0, 0.1) is 0 Å². The molecule has 0 atom stereocenters. The Morgan fingerprint density at radius 2 is 1.17 bits per heavy atom. The molecule has 3 aromatic rings. The minimum absolute atomic E-state index is 0.0766. The van der Waals surface area contributed by atoms with E-state index in [1.807, 2.05) is 0 Å². The number of amides is 1. The van der Waals surface area contributed by atoms with Crippen LogP contribution in [0.1, 0.15) is 46.8 Å². The van der Waals surface area contributed by atoms with Gasteiger partial charge in [-0.3, -0.25) is 4.79 Å². The van der Waals surface area contributed by atoms with E-state index in [0.717, 1.165) is 5.56 Å². The molecule has 3 aromatic carbocycles. The molecule has 0 radical (unpaired) electrons. The highest BCUT2D eigenvalue weighted by Gasteiger charge is 2.24. The minimum atomic E-state index is -3.54. The predicted octanol–water partition coefficient (Wildman–Crippen LogP) is 5.25. The Morgan fingerprint density at radius 1 is 0.750 bits per heavy atom. The zero-order valence-electron chi connectivity index (χ0n) is 19.9. The Balaban J connectivity index is 2.17. The van der Waals surface area contributed by atoms with Crippen molar-refractivity contribution in [1.82, 2.24) is 0 Å². The normalized spacial score (nSPS) is 12.1. The first-order valence-corrected chi connectivity index (χ1v) is 15.4. The fraction of sp³-hybridized carbons (Fsp3) is 0.269. The summed E-state index contributed by atoms with van der Waals surface area (Å²) in [6, 6.07) is 16.0. The maximum atomic E-state index is 12.8. The van der Waals surface area contributed by atoms with Gasteiger partial charge in [-0.05, 0) is 84.0 Å². The molecule has 36 heavy (non-hydrogen) atoms. The number of hydrogen-bond donors (Lipinski definition) is 1. The summed E-state index contributed by atoms with van der Waals surface area (Å²) < 4.78 is 51.2. The smallest absolute Gasteiger partial charge is 0.248 e. The Hall–Kier alpha value is -2.39. The van der Waals surface area contributed by atoms with Crippen molar-refractivity contribution in [2.45, 2.75) is 42.4 Å². The van der Waals surface area contributed by atoms with Crippen LogP contribution in [0.3, 0.4) is 0 Å². The molecule has 0 spiro atoms. The SMILES string of the molecule is CCS(=O)(=O)c1ccc(Cl)cc1CC(Cc1cc(Cl)ccc1S(=O)(=O)CC)c1ccc(C(N)=O)cc1. The molecule has 0 saturated carbocycles. The van der Waals surface area contributed by atoms with E-state index < -0.39 is 25.6 Å². The van der Waals surface area contributed by atoms with Gasteiger partial charge >= 0.3 is 0 Å². The summed E-state index contributed by atoms with van der Waals surface area (Å²) >= 11 is 12.5. The van der Waals surface area contributed by atoms with Crippen molar-refractivity contribution >= 4 is 48.8 Å². The van der Waals surface area contributed by atoms with Gasteiger partial charge in [0, 0.05) is 15.6 Å². The largest absolute Gasteiger partial charge is 0.366 e. The molecule has 0 fully saturated rings. The quantitative estimate of drug-likeness (QED) is 0.359. The third-order valence-electron chi connectivity index (χ3n) is 6.07. The van der Waals surface area contributed by atoms with Crippen molar-refractivity contribution in [2.75, 3.05) is 11.5 Å². The summed E-state index contributed by atoms with van der Waals surface area (Å²) in [6.45, 7) is 3.14. The molecular weight excluding hydrogens is 541 g/mol. The fourth-order valence-corrected chi connectivity index (χ4v) is 6.74. The first-order valence-electron chi connectivity index (χ1n) is 11.3. The first-order chi connectivity index (χ1) is 16.9. The second-order valence-electron chi connectivity index (χ2n) is 8.40. The number of sulfone groups is 2. The zero-order chi connectivity index (χ0) is 26.7. The molecular formula is C26H27Cl2NO5S2. The molecule has 192 valence electrons. The Labute approximate surface area is 222 Å². The highest BCUT2D eigenvalue weighted by Crippen LogP contribution is 2.33. The van der Waals surface area contributed by atoms with Gasteiger partial charge in [-0.25, -0.2) is 16.8 Å². The van der Waals surface area contributed by atoms with Gasteiger partial charge in [-0.1, -0.05) is 49.2 Å². The number of halogens is 2.